The Balaban J connectivity index is 1.85. The van der Waals surface area contributed by atoms with Crippen molar-refractivity contribution in [3.05, 3.63) is 75.0 Å². The molecule has 0 aliphatic rings. The second-order valence-electron chi connectivity index (χ2n) is 10.1. The highest BCUT2D eigenvalue weighted by atomic mass is 79.9. The van der Waals surface area contributed by atoms with Crippen molar-refractivity contribution in [2.45, 2.75) is 48.8 Å². The zero-order chi connectivity index (χ0) is 39.8. The summed E-state index contributed by atoms with van der Waals surface area (Å²) in [6.45, 7) is -3.97. The van der Waals surface area contributed by atoms with Gasteiger partial charge in [0.25, 0.3) is 0 Å². The minimum absolute atomic E-state index is 0.226. The first kappa shape index (κ1) is 40.9. The minimum Gasteiger partial charge on any atom is -0.432 e. The first-order chi connectivity index (χ1) is 23.4. The van der Waals surface area contributed by atoms with E-state index in [0.29, 0.717) is 10.9 Å². The number of hydrogen-bond donors (Lipinski definition) is 0. The van der Waals surface area contributed by atoms with Crippen LogP contribution < -0.4 is 4.74 Å². The summed E-state index contributed by atoms with van der Waals surface area (Å²) < 4.78 is 261. The molecule has 0 spiro atoms. The molecular formula is C26H9BrClF19N4O. The Labute approximate surface area is 287 Å². The van der Waals surface area contributed by atoms with Crippen LogP contribution in [0, 0.1) is 0 Å². The van der Waals surface area contributed by atoms with Crippen molar-refractivity contribution in [3.8, 4) is 28.5 Å². The van der Waals surface area contributed by atoms with E-state index < -0.39 is 116 Å². The van der Waals surface area contributed by atoms with Gasteiger partial charge in [-0.2, -0.15) is 84.8 Å². The van der Waals surface area contributed by atoms with Gasteiger partial charge in [-0.15, -0.1) is 0 Å². The van der Waals surface area contributed by atoms with Gasteiger partial charge in [0, 0.05) is 28.0 Å². The van der Waals surface area contributed by atoms with Crippen LogP contribution in [0.3, 0.4) is 0 Å². The maximum absolute atomic E-state index is 14.7. The highest BCUT2D eigenvalue weighted by molar-refractivity contribution is 9.10. The summed E-state index contributed by atoms with van der Waals surface area (Å²) in [5.74, 6) is -1.59. The van der Waals surface area contributed by atoms with E-state index in [1.165, 1.54) is 0 Å². The van der Waals surface area contributed by atoms with Gasteiger partial charge in [-0.1, -0.05) is 11.6 Å². The number of halogens is 21. The van der Waals surface area contributed by atoms with Crippen molar-refractivity contribution in [2.24, 2.45) is 0 Å². The third kappa shape index (κ3) is 6.96. The van der Waals surface area contributed by atoms with E-state index in [0.717, 1.165) is 18.3 Å². The van der Waals surface area contributed by atoms with Crippen molar-refractivity contribution in [1.82, 2.24) is 19.6 Å². The minimum atomic E-state index is -6.79. The largest absolute Gasteiger partial charge is 0.435 e. The Morgan fingerprint density at radius 1 is 0.596 bits per heavy atom. The molecule has 0 atom stereocenters. The van der Waals surface area contributed by atoms with E-state index in [-0.39, 0.29) is 16.8 Å². The van der Waals surface area contributed by atoms with Crippen LogP contribution in [0.15, 0.2) is 53.3 Å². The van der Waals surface area contributed by atoms with Gasteiger partial charge in [0.1, 0.15) is 17.1 Å². The van der Waals surface area contributed by atoms with Crippen LogP contribution in [0.2, 0.25) is 5.02 Å². The molecule has 4 aromatic rings. The van der Waals surface area contributed by atoms with Crippen molar-refractivity contribution in [2.75, 3.05) is 0 Å². The van der Waals surface area contributed by atoms with Gasteiger partial charge in [0.15, 0.2) is 5.75 Å². The predicted octanol–water partition coefficient (Wildman–Crippen LogP) is 11.3. The number of rotatable bonds is 7. The van der Waals surface area contributed by atoms with Crippen LogP contribution in [0.5, 0.6) is 5.75 Å². The van der Waals surface area contributed by atoms with Crippen molar-refractivity contribution in [1.29, 1.82) is 0 Å². The lowest BCUT2D eigenvalue weighted by Gasteiger charge is -2.31. The molecule has 4 rings (SSSR count). The Morgan fingerprint density at radius 3 is 1.38 bits per heavy atom. The van der Waals surface area contributed by atoms with Crippen molar-refractivity contribution >= 4 is 27.5 Å². The number of aromatic nitrogens is 4. The average molecular weight is 870 g/mol. The first-order valence-electron chi connectivity index (χ1n) is 12.8. The van der Waals surface area contributed by atoms with Crippen LogP contribution in [0.1, 0.15) is 16.7 Å². The highest BCUT2D eigenvalue weighted by Crippen LogP contribution is 2.56. The van der Waals surface area contributed by atoms with E-state index in [9.17, 15) is 83.4 Å². The monoisotopic (exact) mass is 868 g/mol. The molecule has 0 aliphatic carbocycles. The van der Waals surface area contributed by atoms with Gasteiger partial charge >= 0.3 is 48.8 Å². The van der Waals surface area contributed by atoms with Gasteiger partial charge < -0.3 is 4.74 Å². The molecule has 5 nitrogen and oxygen atoms in total. The quantitative estimate of drug-likeness (QED) is 0.174. The lowest BCUT2D eigenvalue weighted by atomic mass is 9.92. The molecule has 0 aliphatic heterocycles. The summed E-state index contributed by atoms with van der Waals surface area (Å²) >= 11 is 8.18. The zero-order valence-electron chi connectivity index (χ0n) is 23.8. The second-order valence-corrected chi connectivity index (χ2v) is 11.4. The smallest absolute Gasteiger partial charge is 0.432 e. The van der Waals surface area contributed by atoms with Crippen LogP contribution in [0.25, 0.3) is 22.8 Å². The summed E-state index contributed by atoms with van der Waals surface area (Å²) in [5.41, 5.74) is -22.9. The third-order valence-electron chi connectivity index (χ3n) is 6.87. The van der Waals surface area contributed by atoms with Crippen LogP contribution in [0.4, 0.5) is 83.4 Å². The molecule has 0 N–H and O–H groups in total. The lowest BCUT2D eigenvalue weighted by Crippen LogP contribution is -2.50. The maximum Gasteiger partial charge on any atom is 0.435 e. The molecule has 0 radical (unpaired) electrons. The number of alkyl halides is 19. The zero-order valence-corrected chi connectivity index (χ0v) is 26.2. The fraction of sp³-hybridized carbons (Fsp3) is 0.308. The molecule has 0 saturated carbocycles. The normalized spacial score (nSPS) is 14.0. The summed E-state index contributed by atoms with van der Waals surface area (Å²) in [7, 11) is 0. The fourth-order valence-corrected chi connectivity index (χ4v) is 5.51. The van der Waals surface area contributed by atoms with Crippen LogP contribution >= 0.6 is 27.5 Å². The molecule has 26 heteroatoms. The first-order valence-corrected chi connectivity index (χ1v) is 14.0. The van der Waals surface area contributed by atoms with E-state index in [1.54, 1.807) is 0 Å². The molecule has 2 aromatic heterocycles. The van der Waals surface area contributed by atoms with Crippen LogP contribution in [-0.4, -0.2) is 50.9 Å². The topological polar surface area (TPSA) is 44.9 Å². The molecule has 286 valence electrons. The molecule has 2 aromatic carbocycles. The van der Waals surface area contributed by atoms with Gasteiger partial charge in [-0.3, -0.25) is 0 Å². The fourth-order valence-electron chi connectivity index (χ4n) is 4.57. The summed E-state index contributed by atoms with van der Waals surface area (Å²) in [5, 5.41) is 6.11. The third-order valence-corrected chi connectivity index (χ3v) is 7.76. The molecule has 0 bridgehead atoms. The van der Waals surface area contributed by atoms with E-state index in [1.807, 2.05) is 0 Å². The van der Waals surface area contributed by atoms with Gasteiger partial charge in [0.05, 0.1) is 16.3 Å². The van der Waals surface area contributed by atoms with Crippen molar-refractivity contribution in [3.63, 3.8) is 0 Å². The van der Waals surface area contributed by atoms with Gasteiger partial charge in [-0.05, 0) is 52.3 Å². The maximum atomic E-state index is 14.7. The molecule has 0 amide bonds. The summed E-state index contributed by atoms with van der Waals surface area (Å²) in [6, 6.07) is 0.0482. The SMILES string of the molecule is FC(F)Oc1cc(C(F)(C(F)(F)F)C(F)(F)F)cc(Cl)c1-n1ccc(-c2ccn(-c3c(Br)cc(C(F)(C(F)(F)F)C(F)(F)F)cc3C(F)(F)F)n2)n1. The van der Waals surface area contributed by atoms with E-state index in [2.05, 4.69) is 30.9 Å². The Kier molecular flexibility index (Phi) is 10.1. The molecule has 2 heterocycles. The average Bonchev–Trinajstić information content (AvgIpc) is 3.62. The molecule has 0 unspecified atom stereocenters. The number of ether oxygens (including phenoxy) is 1. The van der Waals surface area contributed by atoms with Gasteiger partial charge in [-0.25, -0.2) is 18.1 Å². The summed E-state index contributed by atoms with van der Waals surface area (Å²) in [4.78, 5) is 0. The van der Waals surface area contributed by atoms with E-state index in [4.69, 9.17) is 11.6 Å². The Hall–Kier alpha value is -3.90. The van der Waals surface area contributed by atoms with E-state index >= 15 is 0 Å². The van der Waals surface area contributed by atoms with Gasteiger partial charge in [0.2, 0.25) is 0 Å². The van der Waals surface area contributed by atoms with Crippen LogP contribution in [-0.2, 0) is 17.5 Å². The lowest BCUT2D eigenvalue weighted by molar-refractivity contribution is -0.349. The molecule has 0 saturated heterocycles. The Bertz CT molecular complexity index is 1930. The second kappa shape index (κ2) is 12.9. The van der Waals surface area contributed by atoms with Crippen molar-refractivity contribution < 1.29 is 88.2 Å². The number of nitrogens with zero attached hydrogens (tertiary/aromatic N) is 4. The number of benzene rings is 2. The standard InChI is InChI=1S/C26H9BrClF19N4O/c27-12-6-9(20(31,23(36,37)38)24(39,40)41)5-11(22(33,34)35)17(12)50-3-1-14(48-50)15-2-4-51(49-15)18-13(28)7-10(8-16(18)52-19(29)30)21(32,25(42,43)44)26(45,46)47/h1-8,19H. The number of hydrogen-bond acceptors (Lipinski definition) is 3. The molecule has 0 fully saturated rings. The summed E-state index contributed by atoms with van der Waals surface area (Å²) in [6.07, 6.45) is -31.4. The molecule has 52 heavy (non-hydrogen) atoms. The molecular weight excluding hydrogens is 861 g/mol. The predicted molar refractivity (Wildman–Crippen MR) is 140 cm³/mol. The Morgan fingerprint density at radius 2 is 1.00 bits per heavy atom. The highest BCUT2D eigenvalue weighted by Gasteiger charge is 2.75.